The van der Waals surface area contributed by atoms with E-state index in [2.05, 4.69) is 32.5 Å². The van der Waals surface area contributed by atoms with Gasteiger partial charge in [0.2, 0.25) is 11.8 Å². The predicted octanol–water partition coefficient (Wildman–Crippen LogP) is 4.38. The van der Waals surface area contributed by atoms with Crippen molar-refractivity contribution in [1.29, 1.82) is 0 Å². The van der Waals surface area contributed by atoms with E-state index >= 15 is 0 Å². The molecule has 1 aromatic carbocycles. The first-order valence-corrected chi connectivity index (χ1v) is 14.1. The van der Waals surface area contributed by atoms with Gasteiger partial charge in [0.25, 0.3) is 0 Å². The van der Waals surface area contributed by atoms with Gasteiger partial charge in [0, 0.05) is 23.8 Å². The first-order valence-electron chi connectivity index (χ1n) is 13.2. The molecule has 0 bridgehead atoms. The van der Waals surface area contributed by atoms with Gasteiger partial charge in [-0.3, -0.25) is 9.59 Å². The number of hydrogen-bond donors (Lipinski definition) is 3. The molecule has 4 atom stereocenters. The van der Waals surface area contributed by atoms with Crippen LogP contribution in [0.25, 0.3) is 0 Å². The van der Waals surface area contributed by atoms with Gasteiger partial charge in [-0.25, -0.2) is 19.7 Å². The van der Waals surface area contributed by atoms with Gasteiger partial charge in [0.1, 0.15) is 27.6 Å². The second-order valence-electron chi connectivity index (χ2n) is 9.84. The smallest absolute Gasteiger partial charge is 0.328 e. The lowest BCUT2D eigenvalue weighted by Crippen LogP contribution is -2.56. The third-order valence-corrected chi connectivity index (χ3v) is 8.59. The molecule has 0 saturated heterocycles. The number of anilines is 2. The molecule has 4 amide bonds. The number of benzene rings is 1. The lowest BCUT2D eigenvalue weighted by Gasteiger charge is -2.35. The number of amides is 4. The number of urea groups is 1. The summed E-state index contributed by atoms with van der Waals surface area (Å²) < 4.78 is 5.83. The molecule has 4 heterocycles. The average molecular weight is 557 g/mol. The quantitative estimate of drug-likeness (QED) is 0.369. The van der Waals surface area contributed by atoms with Crippen LogP contribution in [0.3, 0.4) is 0 Å². The molecule has 3 aromatic rings. The molecule has 3 N–H and O–H groups in total. The van der Waals surface area contributed by atoms with E-state index < -0.39 is 11.3 Å². The molecule has 1 saturated carbocycles. The Morgan fingerprint density at radius 3 is 2.52 bits per heavy atom. The number of ether oxygens (including phenoxy) is 1. The highest BCUT2D eigenvalue weighted by atomic mass is 32.2. The summed E-state index contributed by atoms with van der Waals surface area (Å²) in [5.74, 6) is 1.20. The Balaban J connectivity index is 1.21. The Labute approximate surface area is 235 Å². The first-order chi connectivity index (χ1) is 19.5. The van der Waals surface area contributed by atoms with Crippen molar-refractivity contribution in [2.45, 2.75) is 54.1 Å². The Morgan fingerprint density at radius 2 is 1.80 bits per heavy atom. The molecule has 1 fully saturated rings. The van der Waals surface area contributed by atoms with E-state index in [1.54, 1.807) is 30.6 Å². The zero-order valence-electron chi connectivity index (χ0n) is 21.6. The lowest BCUT2D eigenvalue weighted by molar-refractivity contribution is -0.123. The Morgan fingerprint density at radius 1 is 1.02 bits per heavy atom. The molecule has 1 aliphatic carbocycles. The zero-order chi connectivity index (χ0) is 27.6. The summed E-state index contributed by atoms with van der Waals surface area (Å²) in [6, 6.07) is 13.3. The monoisotopic (exact) mass is 556 g/mol. The third kappa shape index (κ3) is 5.00. The van der Waals surface area contributed by atoms with Crippen LogP contribution in [0, 0.1) is 0 Å². The van der Waals surface area contributed by atoms with Crippen molar-refractivity contribution in [2.75, 3.05) is 4.90 Å². The molecule has 0 radical (unpaired) electrons. The number of hydrogen-bond acceptors (Lipinski definition) is 7. The topological polar surface area (TPSA) is 126 Å². The van der Waals surface area contributed by atoms with Gasteiger partial charge in [0.05, 0.1) is 17.9 Å². The van der Waals surface area contributed by atoms with Crippen LogP contribution < -0.4 is 25.6 Å². The average Bonchev–Trinajstić information content (AvgIpc) is 3.35. The molecule has 2 aliphatic heterocycles. The number of para-hydroxylation sites is 1. The maximum Gasteiger partial charge on any atom is 0.328 e. The van der Waals surface area contributed by atoms with E-state index in [0.29, 0.717) is 28.0 Å². The third-order valence-electron chi connectivity index (χ3n) is 7.30. The molecule has 6 rings (SSSR count). The Hall–Kier alpha value is -4.38. The molecular formula is C29H28N6O4S. The second-order valence-corrected chi connectivity index (χ2v) is 11.0. The van der Waals surface area contributed by atoms with Crippen LogP contribution in [0.4, 0.5) is 16.3 Å². The van der Waals surface area contributed by atoms with Gasteiger partial charge in [-0.1, -0.05) is 49.4 Å². The highest BCUT2D eigenvalue weighted by molar-refractivity contribution is 8.01. The first kappa shape index (κ1) is 25.9. The van der Waals surface area contributed by atoms with E-state index in [-0.39, 0.29) is 29.9 Å². The molecule has 2 aromatic heterocycles. The van der Waals surface area contributed by atoms with E-state index in [4.69, 9.17) is 4.74 Å². The number of thioether (sulfide) groups is 1. The number of pyridine rings is 2. The maximum absolute atomic E-state index is 13.5. The summed E-state index contributed by atoms with van der Waals surface area (Å²) >= 11 is 1.33. The Kier molecular flexibility index (Phi) is 7.12. The minimum Gasteiger partial charge on any atom is -0.456 e. The van der Waals surface area contributed by atoms with Gasteiger partial charge in [0.15, 0.2) is 0 Å². The fourth-order valence-corrected chi connectivity index (χ4v) is 6.66. The van der Waals surface area contributed by atoms with Crippen LogP contribution in [-0.2, 0) is 9.59 Å². The summed E-state index contributed by atoms with van der Waals surface area (Å²) in [5, 5.41) is 9.19. The van der Waals surface area contributed by atoms with Crippen LogP contribution in [-0.4, -0.2) is 45.1 Å². The van der Waals surface area contributed by atoms with E-state index in [1.165, 1.54) is 22.7 Å². The molecule has 40 heavy (non-hydrogen) atoms. The molecule has 2 unspecified atom stereocenters. The number of rotatable bonds is 7. The normalized spacial score (nSPS) is 23.0. The highest BCUT2D eigenvalue weighted by Crippen LogP contribution is 2.50. The van der Waals surface area contributed by atoms with Crippen molar-refractivity contribution in [3.8, 4) is 11.5 Å². The molecule has 11 heteroatoms. The fraction of sp³-hybridized carbons (Fsp3) is 0.276. The summed E-state index contributed by atoms with van der Waals surface area (Å²) in [4.78, 5) is 49.4. The van der Waals surface area contributed by atoms with Crippen LogP contribution in [0.2, 0.25) is 0 Å². The standard InChI is InChI=1S/C29H28N6O4S/c1-2-23(36)32-19-10-6-7-11-20(19)33-27(37)26-25-24-21(14-15-30-28(24)40-26)35(29(38)34-25)22-13-12-18(16-31-22)39-17-8-4-3-5-9-17/h2-5,8-9,12-16,19-20,25-26H,1,6-7,10-11H2,(H,32,36)(H,33,37)(H,34,38)/t19-,20-,25?,26?/m1/s1. The van der Waals surface area contributed by atoms with Crippen molar-refractivity contribution < 1.29 is 19.1 Å². The molecule has 10 nitrogen and oxygen atoms in total. The molecular weight excluding hydrogens is 528 g/mol. The van der Waals surface area contributed by atoms with Gasteiger partial charge >= 0.3 is 6.03 Å². The molecule has 3 aliphatic rings. The Bertz CT molecular complexity index is 1450. The minimum atomic E-state index is -0.595. The van der Waals surface area contributed by atoms with Crippen LogP contribution in [0.5, 0.6) is 11.5 Å². The van der Waals surface area contributed by atoms with E-state index in [0.717, 1.165) is 31.2 Å². The number of carbonyl (C=O) groups excluding carboxylic acids is 3. The number of carbonyl (C=O) groups is 3. The number of nitrogens with one attached hydrogen (secondary N) is 3. The highest BCUT2D eigenvalue weighted by Gasteiger charge is 2.47. The molecule has 204 valence electrons. The van der Waals surface area contributed by atoms with Crippen molar-refractivity contribution in [3.63, 3.8) is 0 Å². The summed E-state index contributed by atoms with van der Waals surface area (Å²) in [5.41, 5.74) is 1.43. The molecule has 0 spiro atoms. The zero-order valence-corrected chi connectivity index (χ0v) is 22.4. The number of nitrogens with zero attached hydrogens (tertiary/aromatic N) is 3. The summed E-state index contributed by atoms with van der Waals surface area (Å²) in [6.07, 6.45) is 7.94. The number of aromatic nitrogens is 2. The summed E-state index contributed by atoms with van der Waals surface area (Å²) in [7, 11) is 0. The van der Waals surface area contributed by atoms with Crippen molar-refractivity contribution in [3.05, 3.63) is 79.1 Å². The van der Waals surface area contributed by atoms with E-state index in [9.17, 15) is 14.4 Å². The van der Waals surface area contributed by atoms with Crippen molar-refractivity contribution >= 4 is 41.1 Å². The minimum absolute atomic E-state index is 0.165. The van der Waals surface area contributed by atoms with Gasteiger partial charge in [-0.2, -0.15) is 0 Å². The van der Waals surface area contributed by atoms with Crippen molar-refractivity contribution in [2.24, 2.45) is 0 Å². The second kappa shape index (κ2) is 11.0. The van der Waals surface area contributed by atoms with E-state index in [1.807, 2.05) is 30.3 Å². The fourth-order valence-electron chi connectivity index (χ4n) is 5.43. The lowest BCUT2D eigenvalue weighted by atomic mass is 9.89. The largest absolute Gasteiger partial charge is 0.456 e. The maximum atomic E-state index is 13.5. The van der Waals surface area contributed by atoms with Crippen LogP contribution in [0.15, 0.2) is 78.6 Å². The summed E-state index contributed by atoms with van der Waals surface area (Å²) in [6.45, 7) is 3.53. The van der Waals surface area contributed by atoms with Crippen LogP contribution in [0.1, 0.15) is 37.3 Å². The SMILES string of the molecule is C=CC(=O)N[C@@H]1CCCC[C@H]1NC(=O)C1Sc2nccc3c2C1NC(=O)N3c1ccc(Oc2ccccc2)cn1. The van der Waals surface area contributed by atoms with Gasteiger partial charge < -0.3 is 20.7 Å². The van der Waals surface area contributed by atoms with Crippen LogP contribution >= 0.6 is 11.8 Å². The van der Waals surface area contributed by atoms with Crippen molar-refractivity contribution in [1.82, 2.24) is 25.9 Å². The van der Waals surface area contributed by atoms with Gasteiger partial charge in [-0.05, 0) is 49.2 Å². The van der Waals surface area contributed by atoms with Gasteiger partial charge in [-0.15, -0.1) is 0 Å². The predicted molar refractivity (Wildman–Crippen MR) is 151 cm³/mol.